The Hall–Kier alpha value is -2.64. The van der Waals surface area contributed by atoms with Gasteiger partial charge in [0.2, 0.25) is 0 Å². The molecule has 0 saturated carbocycles. The number of para-hydroxylation sites is 1. The fourth-order valence-electron chi connectivity index (χ4n) is 2.01. The van der Waals surface area contributed by atoms with Gasteiger partial charge in [-0.2, -0.15) is 5.21 Å². The molecular formula is C12H11FN6O. The minimum atomic E-state index is -0.487. The minimum Gasteiger partial charge on any atom is -0.299 e. The van der Waals surface area contributed by atoms with E-state index in [0.29, 0.717) is 25.2 Å². The molecule has 2 aromatic heterocycles. The Kier molecular flexibility index (Phi) is 3.20. The smallest absolute Gasteiger partial charge is 0.261 e. The number of aromatic amines is 1. The summed E-state index contributed by atoms with van der Waals surface area (Å²) in [5, 5.41) is 13.8. The zero-order chi connectivity index (χ0) is 13.9. The molecule has 1 N–H and O–H groups in total. The Morgan fingerprint density at radius 2 is 2.25 bits per heavy atom. The molecule has 3 rings (SSSR count). The number of fused-ring (bicyclic) bond motifs is 1. The third kappa shape index (κ3) is 2.27. The molecule has 8 heteroatoms. The number of aromatic nitrogens is 6. The second-order valence-corrected chi connectivity index (χ2v) is 4.31. The van der Waals surface area contributed by atoms with Crippen molar-refractivity contribution in [3.63, 3.8) is 0 Å². The predicted octanol–water partition coefficient (Wildman–Crippen LogP) is 0.681. The zero-order valence-electron chi connectivity index (χ0n) is 10.5. The number of nitrogens with one attached hydrogen (secondary N) is 1. The van der Waals surface area contributed by atoms with E-state index in [1.807, 2.05) is 0 Å². The van der Waals surface area contributed by atoms with Crippen LogP contribution in [0.25, 0.3) is 10.9 Å². The SMILES string of the molecule is O=c1c2cccc(F)c2ncn1CCCc1nn[nH]n1. The molecule has 0 bridgehead atoms. The van der Waals surface area contributed by atoms with Crippen molar-refractivity contribution in [1.82, 2.24) is 30.2 Å². The van der Waals surface area contributed by atoms with Crippen molar-refractivity contribution in [3.8, 4) is 0 Å². The largest absolute Gasteiger partial charge is 0.299 e. The molecule has 0 aliphatic heterocycles. The molecule has 102 valence electrons. The van der Waals surface area contributed by atoms with E-state index < -0.39 is 5.82 Å². The van der Waals surface area contributed by atoms with Crippen LogP contribution in [0.5, 0.6) is 0 Å². The number of H-pyrrole nitrogens is 1. The van der Waals surface area contributed by atoms with E-state index in [2.05, 4.69) is 25.6 Å². The zero-order valence-corrected chi connectivity index (χ0v) is 10.5. The van der Waals surface area contributed by atoms with Crippen LogP contribution in [0.4, 0.5) is 4.39 Å². The van der Waals surface area contributed by atoms with Gasteiger partial charge < -0.3 is 0 Å². The number of aryl methyl sites for hydroxylation is 2. The molecule has 0 fully saturated rings. The standard InChI is InChI=1S/C12H11FN6O/c13-9-4-1-3-8-11(9)14-7-19(12(8)20)6-2-5-10-15-17-18-16-10/h1,3-4,7H,2,5-6H2,(H,15,16,17,18). The van der Waals surface area contributed by atoms with Crippen LogP contribution in [0.15, 0.2) is 29.3 Å². The summed E-state index contributed by atoms with van der Waals surface area (Å²) >= 11 is 0. The van der Waals surface area contributed by atoms with Gasteiger partial charge in [0.25, 0.3) is 5.56 Å². The Labute approximate surface area is 112 Å². The summed E-state index contributed by atoms with van der Waals surface area (Å²) in [4.78, 5) is 16.2. The van der Waals surface area contributed by atoms with E-state index in [-0.39, 0.29) is 16.5 Å². The molecule has 0 spiro atoms. The average molecular weight is 274 g/mol. The number of halogens is 1. The molecule has 0 atom stereocenters. The van der Waals surface area contributed by atoms with Crippen molar-refractivity contribution >= 4 is 10.9 Å². The first-order chi connectivity index (χ1) is 9.75. The molecule has 3 aromatic rings. The van der Waals surface area contributed by atoms with Gasteiger partial charge in [-0.15, -0.1) is 10.2 Å². The summed E-state index contributed by atoms with van der Waals surface area (Å²) in [6.07, 6.45) is 2.63. The van der Waals surface area contributed by atoms with Crippen LogP contribution in [-0.4, -0.2) is 30.2 Å². The van der Waals surface area contributed by atoms with Crippen LogP contribution in [0.1, 0.15) is 12.2 Å². The van der Waals surface area contributed by atoms with Crippen molar-refractivity contribution in [1.29, 1.82) is 0 Å². The Morgan fingerprint density at radius 1 is 1.35 bits per heavy atom. The molecule has 0 aliphatic rings. The third-order valence-corrected chi connectivity index (χ3v) is 2.99. The summed E-state index contributed by atoms with van der Waals surface area (Å²) in [5.74, 6) is 0.108. The predicted molar refractivity (Wildman–Crippen MR) is 68.5 cm³/mol. The number of tetrazole rings is 1. The topological polar surface area (TPSA) is 89.4 Å². The second-order valence-electron chi connectivity index (χ2n) is 4.31. The molecule has 7 nitrogen and oxygen atoms in total. The Morgan fingerprint density at radius 3 is 3.05 bits per heavy atom. The van der Waals surface area contributed by atoms with Crippen molar-refractivity contribution < 1.29 is 4.39 Å². The van der Waals surface area contributed by atoms with Crippen LogP contribution in [0.2, 0.25) is 0 Å². The Bertz CT molecular complexity index is 782. The van der Waals surface area contributed by atoms with Gasteiger partial charge in [-0.05, 0) is 18.6 Å². The number of hydrogen-bond donors (Lipinski definition) is 1. The summed E-state index contributed by atoms with van der Waals surface area (Å²) in [7, 11) is 0. The molecule has 1 aromatic carbocycles. The van der Waals surface area contributed by atoms with Gasteiger partial charge in [-0.3, -0.25) is 9.36 Å². The van der Waals surface area contributed by atoms with Gasteiger partial charge in [0.05, 0.1) is 11.7 Å². The van der Waals surface area contributed by atoms with Gasteiger partial charge in [0.15, 0.2) is 5.82 Å². The molecule has 0 unspecified atom stereocenters. The van der Waals surface area contributed by atoms with Crippen molar-refractivity contribution in [3.05, 3.63) is 46.5 Å². The molecule has 20 heavy (non-hydrogen) atoms. The van der Waals surface area contributed by atoms with Gasteiger partial charge >= 0.3 is 0 Å². The highest BCUT2D eigenvalue weighted by atomic mass is 19.1. The van der Waals surface area contributed by atoms with Gasteiger partial charge in [0.1, 0.15) is 11.3 Å². The van der Waals surface area contributed by atoms with Crippen LogP contribution >= 0.6 is 0 Å². The van der Waals surface area contributed by atoms with Crippen molar-refractivity contribution in [2.75, 3.05) is 0 Å². The average Bonchev–Trinajstić information content (AvgIpc) is 2.95. The number of rotatable bonds is 4. The molecule has 2 heterocycles. The molecule has 0 saturated heterocycles. The van der Waals surface area contributed by atoms with Crippen molar-refractivity contribution in [2.45, 2.75) is 19.4 Å². The summed E-state index contributed by atoms with van der Waals surface area (Å²) in [6.45, 7) is 0.465. The lowest BCUT2D eigenvalue weighted by molar-refractivity contribution is 0.602. The van der Waals surface area contributed by atoms with E-state index in [1.54, 1.807) is 6.07 Å². The van der Waals surface area contributed by atoms with Crippen LogP contribution in [0, 0.1) is 5.82 Å². The fraction of sp³-hybridized carbons (Fsp3) is 0.250. The lowest BCUT2D eigenvalue weighted by Crippen LogP contribution is -2.21. The summed E-state index contributed by atoms with van der Waals surface area (Å²) in [5.41, 5.74) is -0.144. The highest BCUT2D eigenvalue weighted by Crippen LogP contribution is 2.10. The van der Waals surface area contributed by atoms with Crippen LogP contribution < -0.4 is 5.56 Å². The number of hydrogen-bond acceptors (Lipinski definition) is 5. The van der Waals surface area contributed by atoms with Gasteiger partial charge in [-0.25, -0.2) is 9.37 Å². The molecule has 0 amide bonds. The maximum absolute atomic E-state index is 13.5. The number of nitrogens with zero attached hydrogens (tertiary/aromatic N) is 5. The first kappa shape index (κ1) is 12.4. The lowest BCUT2D eigenvalue weighted by atomic mass is 10.2. The highest BCUT2D eigenvalue weighted by Gasteiger charge is 2.07. The molecular weight excluding hydrogens is 263 g/mol. The van der Waals surface area contributed by atoms with Crippen LogP contribution in [-0.2, 0) is 13.0 Å². The van der Waals surface area contributed by atoms with E-state index in [4.69, 9.17) is 0 Å². The van der Waals surface area contributed by atoms with Gasteiger partial charge in [0, 0.05) is 13.0 Å². The Balaban J connectivity index is 1.82. The van der Waals surface area contributed by atoms with E-state index in [1.165, 1.54) is 23.0 Å². The summed E-state index contributed by atoms with van der Waals surface area (Å²) < 4.78 is 15.0. The van der Waals surface area contributed by atoms with E-state index >= 15 is 0 Å². The van der Waals surface area contributed by atoms with Gasteiger partial charge in [-0.1, -0.05) is 11.3 Å². The first-order valence-electron chi connectivity index (χ1n) is 6.11. The highest BCUT2D eigenvalue weighted by molar-refractivity contribution is 5.77. The van der Waals surface area contributed by atoms with Crippen LogP contribution in [0.3, 0.4) is 0 Å². The minimum absolute atomic E-state index is 0.104. The normalized spacial score (nSPS) is 11.1. The number of benzene rings is 1. The fourth-order valence-corrected chi connectivity index (χ4v) is 2.01. The summed E-state index contributed by atoms with van der Waals surface area (Å²) in [6, 6.07) is 4.36. The maximum Gasteiger partial charge on any atom is 0.261 e. The monoisotopic (exact) mass is 274 g/mol. The second kappa shape index (κ2) is 5.16. The van der Waals surface area contributed by atoms with E-state index in [9.17, 15) is 9.18 Å². The van der Waals surface area contributed by atoms with Crippen molar-refractivity contribution in [2.24, 2.45) is 0 Å². The molecule has 0 radical (unpaired) electrons. The van der Waals surface area contributed by atoms with E-state index in [0.717, 1.165) is 0 Å². The third-order valence-electron chi connectivity index (χ3n) is 2.99. The quantitative estimate of drug-likeness (QED) is 0.755. The molecule has 0 aliphatic carbocycles. The lowest BCUT2D eigenvalue weighted by Gasteiger charge is -2.05. The maximum atomic E-state index is 13.5. The first-order valence-corrected chi connectivity index (χ1v) is 6.11.